The largest absolute Gasteiger partial charge is 0.497 e. The average molecular weight is 422 g/mol. The highest BCUT2D eigenvalue weighted by Crippen LogP contribution is 2.34. The van der Waals surface area contributed by atoms with Gasteiger partial charge in [0.25, 0.3) is 5.56 Å². The van der Waals surface area contributed by atoms with E-state index in [-0.39, 0.29) is 11.6 Å². The molecule has 9 heteroatoms. The van der Waals surface area contributed by atoms with Gasteiger partial charge in [-0.1, -0.05) is 18.2 Å². The Hall–Kier alpha value is -4.01. The Morgan fingerprint density at radius 3 is 2.61 bits per heavy atom. The molecule has 1 aromatic heterocycles. The van der Waals surface area contributed by atoms with Gasteiger partial charge in [-0.2, -0.15) is 5.10 Å². The van der Waals surface area contributed by atoms with Gasteiger partial charge in [0.2, 0.25) is 5.88 Å². The lowest BCUT2D eigenvalue weighted by atomic mass is 9.99. The number of rotatable bonds is 5. The molecule has 0 saturated heterocycles. The van der Waals surface area contributed by atoms with Crippen LogP contribution in [0.1, 0.15) is 29.2 Å². The van der Waals surface area contributed by atoms with Crippen molar-refractivity contribution in [1.29, 1.82) is 0 Å². The van der Waals surface area contributed by atoms with Crippen molar-refractivity contribution in [2.24, 2.45) is 5.10 Å². The summed E-state index contributed by atoms with van der Waals surface area (Å²) < 4.78 is 11.8. The van der Waals surface area contributed by atoms with Crippen LogP contribution in [-0.4, -0.2) is 34.6 Å². The Balaban J connectivity index is 1.76. The molecule has 0 amide bonds. The molecular formula is C22H22N4O5. The number of aryl methyl sites for hydroxylation is 1. The number of hydrogen-bond donors (Lipinski definition) is 3. The third kappa shape index (κ3) is 3.54. The van der Waals surface area contributed by atoms with Crippen LogP contribution >= 0.6 is 0 Å². The first-order valence-electron chi connectivity index (χ1n) is 9.63. The molecule has 4 rings (SSSR count). The molecule has 3 N–H and O–H groups in total. The first kappa shape index (κ1) is 20.3. The number of ether oxygens (including phenoxy) is 2. The first-order valence-corrected chi connectivity index (χ1v) is 9.63. The fraction of sp³-hybridized carbons (Fsp3) is 0.227. The van der Waals surface area contributed by atoms with E-state index >= 15 is 0 Å². The maximum Gasteiger partial charge on any atom is 0.335 e. The Morgan fingerprint density at radius 2 is 1.90 bits per heavy atom. The molecule has 0 saturated carbocycles. The Kier molecular flexibility index (Phi) is 5.24. The van der Waals surface area contributed by atoms with Gasteiger partial charge in [-0.15, -0.1) is 0 Å². The molecule has 0 aliphatic carbocycles. The average Bonchev–Trinajstić information content (AvgIpc) is 3.23. The van der Waals surface area contributed by atoms with Crippen LogP contribution in [0.3, 0.4) is 0 Å². The Morgan fingerprint density at radius 1 is 1.13 bits per heavy atom. The zero-order valence-electron chi connectivity index (χ0n) is 17.3. The molecule has 160 valence electrons. The van der Waals surface area contributed by atoms with Crippen molar-refractivity contribution in [3.05, 3.63) is 80.0 Å². The summed E-state index contributed by atoms with van der Waals surface area (Å²) in [5.74, 6) is 0.833. The predicted molar refractivity (Wildman–Crippen MR) is 116 cm³/mol. The number of benzene rings is 2. The van der Waals surface area contributed by atoms with Crippen molar-refractivity contribution in [1.82, 2.24) is 15.0 Å². The summed E-state index contributed by atoms with van der Waals surface area (Å²) in [6.07, 6.45) is 0.298. The molecule has 0 spiro atoms. The Labute approximate surface area is 177 Å². The van der Waals surface area contributed by atoms with Crippen LogP contribution in [0.2, 0.25) is 0 Å². The smallest absolute Gasteiger partial charge is 0.335 e. The summed E-state index contributed by atoms with van der Waals surface area (Å²) in [5.41, 5.74) is 3.87. The molecule has 1 unspecified atom stereocenters. The van der Waals surface area contributed by atoms with Gasteiger partial charge >= 0.3 is 5.69 Å². The number of H-pyrrole nitrogens is 1. The monoisotopic (exact) mass is 422 g/mol. The zero-order valence-corrected chi connectivity index (χ0v) is 17.3. The molecular weight excluding hydrogens is 400 g/mol. The van der Waals surface area contributed by atoms with E-state index in [1.807, 2.05) is 25.1 Å². The number of nitrogens with one attached hydrogen (secondary N) is 2. The lowest BCUT2D eigenvalue weighted by Gasteiger charge is -2.16. The lowest BCUT2D eigenvalue weighted by molar-refractivity contribution is 0.392. The standard InChI is InChI=1S/C22H22N4O5/c1-12-6-4-5-7-17(12)26-21(28)19(20(27)23-22(26)29)16-11-15(24-25-16)14-10-13(30-2)8-9-18(14)31-3/h4-10,15,24,28H,11H2,1-3H3,(H,23,27,29). The van der Waals surface area contributed by atoms with Crippen LogP contribution in [0.25, 0.3) is 5.69 Å². The molecule has 0 fully saturated rings. The summed E-state index contributed by atoms with van der Waals surface area (Å²) in [6, 6.07) is 12.2. The number of nitrogens with zero attached hydrogens (tertiary/aromatic N) is 2. The van der Waals surface area contributed by atoms with E-state index in [4.69, 9.17) is 9.47 Å². The third-order valence-electron chi connectivity index (χ3n) is 5.30. The molecule has 2 heterocycles. The van der Waals surface area contributed by atoms with Crippen LogP contribution in [0.5, 0.6) is 17.4 Å². The second-order valence-corrected chi connectivity index (χ2v) is 7.13. The molecule has 9 nitrogen and oxygen atoms in total. The van der Waals surface area contributed by atoms with Crippen molar-refractivity contribution in [3.63, 3.8) is 0 Å². The number of methoxy groups -OCH3 is 2. The molecule has 1 aliphatic rings. The van der Waals surface area contributed by atoms with E-state index in [0.29, 0.717) is 29.3 Å². The molecule has 31 heavy (non-hydrogen) atoms. The highest BCUT2D eigenvalue weighted by molar-refractivity contribution is 6.03. The quantitative estimate of drug-likeness (QED) is 0.579. The predicted octanol–water partition coefficient (Wildman–Crippen LogP) is 2.00. The van der Waals surface area contributed by atoms with Gasteiger partial charge in [-0.05, 0) is 36.8 Å². The summed E-state index contributed by atoms with van der Waals surface area (Å²) >= 11 is 0. The zero-order chi connectivity index (χ0) is 22.1. The summed E-state index contributed by atoms with van der Waals surface area (Å²) in [7, 11) is 3.14. The van der Waals surface area contributed by atoms with E-state index in [0.717, 1.165) is 15.7 Å². The molecule has 3 aromatic rings. The molecule has 0 radical (unpaired) electrons. The minimum Gasteiger partial charge on any atom is -0.497 e. The maximum absolute atomic E-state index is 12.6. The van der Waals surface area contributed by atoms with Crippen molar-refractivity contribution in [2.75, 3.05) is 14.2 Å². The van der Waals surface area contributed by atoms with Crippen LogP contribution in [0.4, 0.5) is 0 Å². The highest BCUT2D eigenvalue weighted by atomic mass is 16.5. The van der Waals surface area contributed by atoms with Gasteiger partial charge in [-0.3, -0.25) is 9.78 Å². The number of aromatic nitrogens is 2. The summed E-state index contributed by atoms with van der Waals surface area (Å²) in [6.45, 7) is 1.81. The van der Waals surface area contributed by atoms with E-state index in [9.17, 15) is 14.7 Å². The molecule has 2 aromatic carbocycles. The Bertz CT molecular complexity index is 1290. The van der Waals surface area contributed by atoms with E-state index in [2.05, 4.69) is 15.5 Å². The minimum absolute atomic E-state index is 0.0558. The first-order chi connectivity index (χ1) is 14.9. The SMILES string of the molecule is COc1ccc(OC)c(C2CC(c3c(O)n(-c4ccccc4C)c(=O)[nH]c3=O)=NN2)c1. The number of para-hydroxylation sites is 1. The van der Waals surface area contributed by atoms with Crippen LogP contribution in [-0.2, 0) is 0 Å². The second kappa shape index (κ2) is 8.02. The lowest BCUT2D eigenvalue weighted by Crippen LogP contribution is -2.33. The fourth-order valence-corrected chi connectivity index (χ4v) is 3.71. The molecule has 1 aliphatic heterocycles. The number of hydrazone groups is 1. The second-order valence-electron chi connectivity index (χ2n) is 7.13. The normalized spacial score (nSPS) is 15.3. The van der Waals surface area contributed by atoms with Crippen molar-refractivity contribution >= 4 is 5.71 Å². The number of aromatic amines is 1. The van der Waals surface area contributed by atoms with Crippen LogP contribution in [0, 0.1) is 6.92 Å². The van der Waals surface area contributed by atoms with Gasteiger partial charge in [0.05, 0.1) is 31.7 Å². The molecule has 0 bridgehead atoms. The summed E-state index contributed by atoms with van der Waals surface area (Å²) in [5, 5.41) is 15.2. The van der Waals surface area contributed by atoms with Crippen LogP contribution < -0.4 is 26.1 Å². The van der Waals surface area contributed by atoms with Gasteiger partial charge in [0, 0.05) is 12.0 Å². The number of aromatic hydroxyl groups is 1. The highest BCUT2D eigenvalue weighted by Gasteiger charge is 2.29. The van der Waals surface area contributed by atoms with Crippen LogP contribution in [0.15, 0.2) is 57.2 Å². The number of hydrogen-bond acceptors (Lipinski definition) is 7. The maximum atomic E-state index is 12.6. The third-order valence-corrected chi connectivity index (χ3v) is 5.30. The fourth-order valence-electron chi connectivity index (χ4n) is 3.71. The minimum atomic E-state index is -0.724. The molecule has 1 atom stereocenters. The topological polar surface area (TPSA) is 118 Å². The van der Waals surface area contributed by atoms with E-state index in [1.54, 1.807) is 38.5 Å². The van der Waals surface area contributed by atoms with E-state index < -0.39 is 17.1 Å². The van der Waals surface area contributed by atoms with Gasteiger partial charge in [0.15, 0.2) is 0 Å². The van der Waals surface area contributed by atoms with Gasteiger partial charge < -0.3 is 20.0 Å². The van der Waals surface area contributed by atoms with E-state index in [1.165, 1.54) is 0 Å². The summed E-state index contributed by atoms with van der Waals surface area (Å²) in [4.78, 5) is 27.4. The van der Waals surface area contributed by atoms with Gasteiger partial charge in [0.1, 0.15) is 17.1 Å². The van der Waals surface area contributed by atoms with Gasteiger partial charge in [-0.25, -0.2) is 9.36 Å². The van der Waals surface area contributed by atoms with Crippen molar-refractivity contribution in [2.45, 2.75) is 19.4 Å². The van der Waals surface area contributed by atoms with Crippen molar-refractivity contribution in [3.8, 4) is 23.1 Å². The van der Waals surface area contributed by atoms with Crippen molar-refractivity contribution < 1.29 is 14.6 Å².